The van der Waals surface area contributed by atoms with Crippen LogP contribution in [0.5, 0.6) is 5.75 Å². The Hall–Kier alpha value is -2.01. The van der Waals surface area contributed by atoms with E-state index < -0.39 is 0 Å². The molecule has 24 heavy (non-hydrogen) atoms. The number of H-pyrrole nitrogens is 1. The smallest absolute Gasteiger partial charge is 0.270 e. The van der Waals surface area contributed by atoms with Crippen LogP contribution in [-0.2, 0) is 0 Å². The first-order valence-electron chi connectivity index (χ1n) is 8.77. The number of nitrogens with zero attached hydrogens (tertiary/aromatic N) is 1. The minimum atomic E-state index is -0.287. The highest BCUT2D eigenvalue weighted by molar-refractivity contribution is 5.98. The predicted molar refractivity (Wildman–Crippen MR) is 94.4 cm³/mol. The lowest BCUT2D eigenvalue weighted by Gasteiger charge is -2.31. The third kappa shape index (κ3) is 3.56. The summed E-state index contributed by atoms with van der Waals surface area (Å²) in [4.78, 5) is 17.6. The van der Waals surface area contributed by atoms with Gasteiger partial charge in [-0.2, -0.15) is 0 Å². The van der Waals surface area contributed by atoms with Gasteiger partial charge < -0.3 is 19.7 Å². The first kappa shape index (κ1) is 16.8. The second kappa shape index (κ2) is 7.26. The van der Waals surface area contributed by atoms with Crippen LogP contribution in [0, 0.1) is 5.92 Å². The molecule has 1 aromatic carbocycles. The Balaban J connectivity index is 1.72. The van der Waals surface area contributed by atoms with Crippen LogP contribution < -0.4 is 4.74 Å². The Morgan fingerprint density at radius 1 is 1.33 bits per heavy atom. The van der Waals surface area contributed by atoms with Crippen molar-refractivity contribution in [1.29, 1.82) is 0 Å². The molecule has 1 aliphatic carbocycles. The molecule has 0 bridgehead atoms. The van der Waals surface area contributed by atoms with Gasteiger partial charge in [0.05, 0.1) is 12.7 Å². The van der Waals surface area contributed by atoms with Gasteiger partial charge in [0.2, 0.25) is 0 Å². The first-order valence-corrected chi connectivity index (χ1v) is 8.77. The number of hydrogen-bond donors (Lipinski definition) is 2. The Morgan fingerprint density at radius 3 is 2.88 bits per heavy atom. The lowest BCUT2D eigenvalue weighted by Crippen LogP contribution is -2.38. The Kier molecular flexibility index (Phi) is 5.09. The van der Waals surface area contributed by atoms with E-state index in [9.17, 15) is 9.90 Å². The lowest BCUT2D eigenvalue weighted by atomic mass is 9.86. The first-order chi connectivity index (χ1) is 11.6. The third-order valence-electron chi connectivity index (χ3n) is 4.86. The van der Waals surface area contributed by atoms with E-state index in [0.717, 1.165) is 42.3 Å². The van der Waals surface area contributed by atoms with Crippen LogP contribution in [0.2, 0.25) is 0 Å². The van der Waals surface area contributed by atoms with Gasteiger partial charge in [0.15, 0.2) is 0 Å². The Bertz CT molecular complexity index is 710. The zero-order valence-electron chi connectivity index (χ0n) is 14.4. The molecule has 1 amide bonds. The van der Waals surface area contributed by atoms with Crippen LogP contribution in [0.1, 0.15) is 43.1 Å². The van der Waals surface area contributed by atoms with Gasteiger partial charge in [-0.1, -0.05) is 12.8 Å². The molecule has 3 rings (SSSR count). The number of fused-ring (bicyclic) bond motifs is 1. The second-order valence-corrected chi connectivity index (χ2v) is 6.66. The summed E-state index contributed by atoms with van der Waals surface area (Å²) in [7, 11) is 1.81. The van der Waals surface area contributed by atoms with Crippen molar-refractivity contribution < 1.29 is 14.6 Å². The van der Waals surface area contributed by atoms with Gasteiger partial charge in [0.1, 0.15) is 11.4 Å². The van der Waals surface area contributed by atoms with Gasteiger partial charge in [-0.15, -0.1) is 0 Å². The summed E-state index contributed by atoms with van der Waals surface area (Å²) in [6.07, 6.45) is 3.77. The van der Waals surface area contributed by atoms with Crippen molar-refractivity contribution in [1.82, 2.24) is 9.88 Å². The van der Waals surface area contributed by atoms with Crippen molar-refractivity contribution in [3.63, 3.8) is 0 Å². The van der Waals surface area contributed by atoms with Crippen LogP contribution >= 0.6 is 0 Å². The molecule has 2 atom stereocenters. The van der Waals surface area contributed by atoms with E-state index in [1.54, 1.807) is 11.9 Å². The minimum Gasteiger partial charge on any atom is -0.494 e. The molecule has 2 unspecified atom stereocenters. The zero-order chi connectivity index (χ0) is 17.1. The quantitative estimate of drug-likeness (QED) is 0.885. The van der Waals surface area contributed by atoms with Gasteiger partial charge >= 0.3 is 0 Å². The number of aliphatic hydroxyl groups excluding tert-OH is 1. The maximum atomic E-state index is 12.7. The summed E-state index contributed by atoms with van der Waals surface area (Å²) < 4.78 is 5.50. The molecular weight excluding hydrogens is 304 g/mol. The fourth-order valence-corrected chi connectivity index (χ4v) is 3.52. The normalized spacial score (nSPS) is 21.0. The second-order valence-electron chi connectivity index (χ2n) is 6.66. The number of rotatable bonds is 5. The molecule has 1 heterocycles. The molecule has 5 heteroatoms. The van der Waals surface area contributed by atoms with E-state index in [1.165, 1.54) is 0 Å². The number of benzene rings is 1. The molecule has 130 valence electrons. The number of ether oxygens (including phenoxy) is 1. The number of aromatic amines is 1. The molecule has 0 spiro atoms. The fraction of sp³-hybridized carbons (Fsp3) is 0.526. The van der Waals surface area contributed by atoms with E-state index in [2.05, 4.69) is 4.98 Å². The van der Waals surface area contributed by atoms with E-state index in [4.69, 9.17) is 4.74 Å². The maximum Gasteiger partial charge on any atom is 0.270 e. The molecule has 0 aliphatic heterocycles. The van der Waals surface area contributed by atoms with Crippen molar-refractivity contribution >= 4 is 16.8 Å². The molecule has 0 saturated heterocycles. The molecule has 0 radical (unpaired) electrons. The average Bonchev–Trinajstić information content (AvgIpc) is 2.99. The zero-order valence-corrected chi connectivity index (χ0v) is 14.4. The predicted octanol–water partition coefficient (Wildman–Crippen LogP) is 3.19. The van der Waals surface area contributed by atoms with Crippen LogP contribution in [0.4, 0.5) is 0 Å². The van der Waals surface area contributed by atoms with Crippen molar-refractivity contribution in [2.45, 2.75) is 38.7 Å². The number of hydrogen-bond acceptors (Lipinski definition) is 3. The van der Waals surface area contributed by atoms with Crippen molar-refractivity contribution in [2.24, 2.45) is 5.92 Å². The number of carbonyl (C=O) groups excluding carboxylic acids is 1. The molecule has 2 aromatic rings. The minimum absolute atomic E-state index is 0.0399. The number of carbonyl (C=O) groups is 1. The SMILES string of the molecule is CCOc1ccc2cc(C(=O)N(C)CC3CCCCC3O)[nH]c2c1. The number of aliphatic hydroxyl groups is 1. The average molecular weight is 330 g/mol. The molecular formula is C19H26N2O3. The van der Waals surface area contributed by atoms with E-state index >= 15 is 0 Å². The Morgan fingerprint density at radius 2 is 2.12 bits per heavy atom. The monoisotopic (exact) mass is 330 g/mol. The van der Waals surface area contributed by atoms with Gasteiger partial charge in [0.25, 0.3) is 5.91 Å². The van der Waals surface area contributed by atoms with Crippen molar-refractivity contribution in [3.8, 4) is 5.75 Å². The van der Waals surface area contributed by atoms with Gasteiger partial charge in [-0.25, -0.2) is 0 Å². The van der Waals surface area contributed by atoms with Gasteiger partial charge in [-0.05, 0) is 38.0 Å². The standard InChI is InChI=1S/C19H26N2O3/c1-3-24-15-9-8-13-10-17(20-16(13)11-15)19(23)21(2)12-14-6-4-5-7-18(14)22/h8-11,14,18,20,22H,3-7,12H2,1-2H3. The molecule has 2 N–H and O–H groups in total. The summed E-state index contributed by atoms with van der Waals surface area (Å²) in [5, 5.41) is 11.1. The number of aromatic nitrogens is 1. The summed E-state index contributed by atoms with van der Waals surface area (Å²) in [6, 6.07) is 7.66. The number of nitrogens with one attached hydrogen (secondary N) is 1. The highest BCUT2D eigenvalue weighted by atomic mass is 16.5. The summed E-state index contributed by atoms with van der Waals surface area (Å²) in [6.45, 7) is 3.16. The van der Waals surface area contributed by atoms with Crippen LogP contribution in [0.25, 0.3) is 10.9 Å². The van der Waals surface area contributed by atoms with Crippen molar-refractivity contribution in [2.75, 3.05) is 20.2 Å². The Labute approximate surface area is 142 Å². The molecule has 5 nitrogen and oxygen atoms in total. The highest BCUT2D eigenvalue weighted by Gasteiger charge is 2.26. The fourth-order valence-electron chi connectivity index (χ4n) is 3.52. The summed E-state index contributed by atoms with van der Waals surface area (Å²) >= 11 is 0. The van der Waals surface area contributed by atoms with Crippen LogP contribution in [0.15, 0.2) is 24.3 Å². The highest BCUT2D eigenvalue weighted by Crippen LogP contribution is 2.26. The molecule has 1 aromatic heterocycles. The van der Waals surface area contributed by atoms with E-state index in [0.29, 0.717) is 18.8 Å². The van der Waals surface area contributed by atoms with Gasteiger partial charge in [0, 0.05) is 36.5 Å². The van der Waals surface area contributed by atoms with Crippen LogP contribution in [-0.4, -0.2) is 47.2 Å². The lowest BCUT2D eigenvalue weighted by molar-refractivity contribution is 0.0449. The molecule has 1 saturated carbocycles. The van der Waals surface area contributed by atoms with E-state index in [-0.39, 0.29) is 17.9 Å². The third-order valence-corrected chi connectivity index (χ3v) is 4.86. The molecule has 1 aliphatic rings. The summed E-state index contributed by atoms with van der Waals surface area (Å²) in [5.41, 5.74) is 1.47. The van der Waals surface area contributed by atoms with Crippen LogP contribution in [0.3, 0.4) is 0 Å². The van der Waals surface area contributed by atoms with Gasteiger partial charge in [-0.3, -0.25) is 4.79 Å². The largest absolute Gasteiger partial charge is 0.494 e. The maximum absolute atomic E-state index is 12.7. The topological polar surface area (TPSA) is 65.6 Å². The van der Waals surface area contributed by atoms with E-state index in [1.807, 2.05) is 31.2 Å². The summed E-state index contributed by atoms with van der Waals surface area (Å²) in [5.74, 6) is 0.938. The number of amides is 1. The van der Waals surface area contributed by atoms with Crippen molar-refractivity contribution in [3.05, 3.63) is 30.0 Å². The molecule has 1 fully saturated rings.